The molecule has 9 heteroatoms. The van der Waals surface area contributed by atoms with Crippen LogP contribution >= 0.6 is 11.3 Å². The van der Waals surface area contributed by atoms with Gasteiger partial charge in [-0.1, -0.05) is 11.3 Å². The first kappa shape index (κ1) is 18.2. The van der Waals surface area contributed by atoms with E-state index in [0.717, 1.165) is 4.40 Å². The number of benzene rings is 1. The van der Waals surface area contributed by atoms with E-state index in [4.69, 9.17) is 9.84 Å². The molecule has 0 unspecified atom stereocenters. The minimum atomic E-state index is -4.80. The van der Waals surface area contributed by atoms with Crippen LogP contribution in [0.2, 0.25) is 0 Å². The molecule has 0 bridgehead atoms. The van der Waals surface area contributed by atoms with Gasteiger partial charge >= 0.3 is 12.1 Å². The lowest BCUT2D eigenvalue weighted by Gasteiger charge is -2.10. The molecule has 138 valence electrons. The first-order valence-electron chi connectivity index (χ1n) is 7.69. The van der Waals surface area contributed by atoms with Crippen molar-refractivity contribution in [3.8, 4) is 17.0 Å². The Labute approximate surface area is 150 Å². The smallest absolute Gasteiger partial charge is 0.433 e. The number of ether oxygens (including phenoxy) is 1. The summed E-state index contributed by atoms with van der Waals surface area (Å²) in [4.78, 5) is 14.6. The summed E-state index contributed by atoms with van der Waals surface area (Å²) in [5, 5.41) is 9.08. The van der Waals surface area contributed by atoms with Crippen LogP contribution in [0.4, 0.5) is 13.2 Å². The van der Waals surface area contributed by atoms with E-state index >= 15 is 0 Å². The van der Waals surface area contributed by atoms with Crippen molar-refractivity contribution in [3.63, 3.8) is 0 Å². The minimum absolute atomic E-state index is 0.00399. The predicted molar refractivity (Wildman–Crippen MR) is 91.0 cm³/mol. The Hall–Kier alpha value is -2.55. The van der Waals surface area contributed by atoms with E-state index in [1.54, 1.807) is 24.3 Å². The fraction of sp³-hybridized carbons (Fsp3) is 0.294. The Morgan fingerprint density at radius 3 is 2.38 bits per heavy atom. The summed E-state index contributed by atoms with van der Waals surface area (Å²) in [7, 11) is 0. The maximum absolute atomic E-state index is 13.4. The molecular weight excluding hydrogens is 369 g/mol. The van der Waals surface area contributed by atoms with Gasteiger partial charge in [0.2, 0.25) is 0 Å². The Kier molecular flexibility index (Phi) is 4.43. The lowest BCUT2D eigenvalue weighted by molar-refractivity contribution is -0.142. The lowest BCUT2D eigenvalue weighted by Crippen LogP contribution is -2.14. The van der Waals surface area contributed by atoms with Crippen molar-refractivity contribution >= 4 is 22.3 Å². The van der Waals surface area contributed by atoms with Gasteiger partial charge in [-0.3, -0.25) is 4.40 Å². The molecule has 0 aliphatic heterocycles. The third kappa shape index (κ3) is 3.14. The van der Waals surface area contributed by atoms with Crippen LogP contribution in [0, 0.1) is 6.92 Å². The summed E-state index contributed by atoms with van der Waals surface area (Å²) in [5.41, 5.74) is 0.0175. The number of imidazole rings is 1. The zero-order chi connectivity index (χ0) is 19.2. The highest BCUT2D eigenvalue weighted by Crippen LogP contribution is 2.39. The number of halogens is 3. The zero-order valence-corrected chi connectivity index (χ0v) is 14.9. The van der Waals surface area contributed by atoms with Crippen LogP contribution in [0.15, 0.2) is 24.3 Å². The maximum Gasteiger partial charge on any atom is 0.433 e. The third-order valence-electron chi connectivity index (χ3n) is 3.67. The van der Waals surface area contributed by atoms with Crippen molar-refractivity contribution in [2.75, 3.05) is 0 Å². The molecule has 2 aromatic heterocycles. The Morgan fingerprint density at radius 1 is 1.27 bits per heavy atom. The van der Waals surface area contributed by atoms with Crippen LogP contribution in [0.5, 0.6) is 5.75 Å². The molecule has 3 rings (SSSR count). The molecule has 1 aromatic carbocycles. The number of aryl methyl sites for hydroxylation is 1. The number of carbonyl (C=O) groups is 1. The molecule has 2 heterocycles. The molecule has 0 aliphatic rings. The number of aromatic carboxylic acids is 1. The molecule has 26 heavy (non-hydrogen) atoms. The molecule has 0 amide bonds. The average molecular weight is 384 g/mol. The Balaban J connectivity index is 2.13. The van der Waals surface area contributed by atoms with Gasteiger partial charge in [0.05, 0.1) is 11.8 Å². The second-order valence-corrected chi connectivity index (χ2v) is 6.92. The Bertz CT molecular complexity index is 972. The van der Waals surface area contributed by atoms with Crippen LogP contribution in [0.3, 0.4) is 0 Å². The molecular formula is C17H15F3N2O3S. The largest absolute Gasteiger partial charge is 0.491 e. The molecule has 0 aliphatic carbocycles. The van der Waals surface area contributed by atoms with Crippen molar-refractivity contribution in [3.05, 3.63) is 40.5 Å². The van der Waals surface area contributed by atoms with Gasteiger partial charge < -0.3 is 9.84 Å². The maximum atomic E-state index is 13.4. The van der Waals surface area contributed by atoms with E-state index in [2.05, 4.69) is 4.98 Å². The van der Waals surface area contributed by atoms with Crippen molar-refractivity contribution < 1.29 is 27.8 Å². The van der Waals surface area contributed by atoms with Gasteiger partial charge in [0.15, 0.2) is 10.7 Å². The number of hydrogen-bond acceptors (Lipinski definition) is 4. The summed E-state index contributed by atoms with van der Waals surface area (Å²) >= 11 is 0.508. The van der Waals surface area contributed by atoms with E-state index in [-0.39, 0.29) is 16.8 Å². The number of hydrogen-bond donors (Lipinski definition) is 1. The van der Waals surface area contributed by atoms with Gasteiger partial charge in [-0.15, -0.1) is 0 Å². The average Bonchev–Trinajstić information content (AvgIpc) is 3.05. The summed E-state index contributed by atoms with van der Waals surface area (Å²) < 4.78 is 46.7. The van der Waals surface area contributed by atoms with E-state index in [1.165, 1.54) is 6.92 Å². The van der Waals surface area contributed by atoms with E-state index < -0.39 is 22.7 Å². The van der Waals surface area contributed by atoms with Crippen LogP contribution in [-0.2, 0) is 6.18 Å². The molecule has 3 aromatic rings. The standard InChI is InChI=1S/C17H15F3N2O3S/c1-8(2)25-11-6-4-10(5-7-11)12-9(3)22-14(17(18,19)20)13(15(23)24)26-16(22)21-12/h4-8H,1-3H3,(H,23,24). The van der Waals surface area contributed by atoms with Crippen LogP contribution < -0.4 is 4.74 Å². The molecule has 0 radical (unpaired) electrons. The van der Waals surface area contributed by atoms with Gasteiger partial charge in [-0.05, 0) is 45.0 Å². The van der Waals surface area contributed by atoms with Crippen molar-refractivity contribution in [2.45, 2.75) is 33.1 Å². The number of carboxylic acids is 1. The lowest BCUT2D eigenvalue weighted by atomic mass is 10.1. The number of nitrogens with zero attached hydrogens (tertiary/aromatic N) is 2. The van der Waals surface area contributed by atoms with E-state index in [1.807, 2.05) is 13.8 Å². The fourth-order valence-electron chi connectivity index (χ4n) is 2.69. The molecule has 5 nitrogen and oxygen atoms in total. The monoisotopic (exact) mass is 384 g/mol. The van der Waals surface area contributed by atoms with Gasteiger partial charge in [0.25, 0.3) is 0 Å². The van der Waals surface area contributed by atoms with E-state index in [9.17, 15) is 18.0 Å². The summed E-state index contributed by atoms with van der Waals surface area (Å²) in [6.07, 6.45) is -4.80. The number of thiazole rings is 1. The second-order valence-electron chi connectivity index (χ2n) is 5.94. The SMILES string of the molecule is Cc1c(-c2ccc(OC(C)C)cc2)nc2sc(C(=O)O)c(C(F)(F)F)n12. The topological polar surface area (TPSA) is 63.8 Å². The van der Waals surface area contributed by atoms with Crippen LogP contribution in [0.25, 0.3) is 16.2 Å². The molecule has 0 saturated heterocycles. The third-order valence-corrected chi connectivity index (χ3v) is 4.70. The summed E-state index contributed by atoms with van der Waals surface area (Å²) in [5.74, 6) is -0.976. The normalized spacial score (nSPS) is 12.1. The molecule has 0 saturated carbocycles. The number of rotatable bonds is 4. The van der Waals surface area contributed by atoms with Crippen LogP contribution in [0.1, 0.15) is 34.9 Å². The predicted octanol–water partition coefficient (Wildman–Crippen LogP) is 4.88. The number of alkyl halides is 3. The van der Waals surface area contributed by atoms with Crippen molar-refractivity contribution in [1.29, 1.82) is 0 Å². The minimum Gasteiger partial charge on any atom is -0.491 e. The highest BCUT2D eigenvalue weighted by Gasteiger charge is 2.41. The number of aromatic nitrogens is 2. The van der Waals surface area contributed by atoms with Crippen molar-refractivity contribution in [1.82, 2.24) is 9.38 Å². The molecule has 0 fully saturated rings. The molecule has 0 atom stereocenters. The first-order chi connectivity index (χ1) is 12.1. The Morgan fingerprint density at radius 2 is 1.88 bits per heavy atom. The molecule has 0 spiro atoms. The van der Waals surface area contributed by atoms with Crippen molar-refractivity contribution in [2.24, 2.45) is 0 Å². The van der Waals surface area contributed by atoms with Crippen LogP contribution in [-0.4, -0.2) is 26.6 Å². The zero-order valence-electron chi connectivity index (χ0n) is 14.1. The summed E-state index contributed by atoms with van der Waals surface area (Å²) in [6.45, 7) is 5.27. The number of carboxylic acid groups (broad SMARTS) is 1. The van der Waals surface area contributed by atoms with E-state index in [0.29, 0.717) is 28.3 Å². The van der Waals surface area contributed by atoms with Gasteiger partial charge in [-0.25, -0.2) is 9.78 Å². The number of fused-ring (bicyclic) bond motifs is 1. The highest BCUT2D eigenvalue weighted by atomic mass is 32.1. The highest BCUT2D eigenvalue weighted by molar-refractivity contribution is 7.19. The van der Waals surface area contributed by atoms with Gasteiger partial charge in [0.1, 0.15) is 10.6 Å². The summed E-state index contributed by atoms with van der Waals surface area (Å²) in [6, 6.07) is 6.86. The molecule has 1 N–H and O–H groups in total. The fourth-order valence-corrected chi connectivity index (χ4v) is 3.72. The van der Waals surface area contributed by atoms with Gasteiger partial charge in [-0.2, -0.15) is 13.2 Å². The second kappa shape index (κ2) is 6.31. The van der Waals surface area contributed by atoms with Gasteiger partial charge in [0, 0.05) is 11.3 Å². The quantitative estimate of drug-likeness (QED) is 0.697. The first-order valence-corrected chi connectivity index (χ1v) is 8.50.